The Balaban J connectivity index is 0.00000180. The molecule has 1 aromatic rings. The Hall–Kier alpha value is -0.780. The first-order valence-corrected chi connectivity index (χ1v) is 6.15. The van der Waals surface area contributed by atoms with Crippen LogP contribution in [-0.4, -0.2) is 18.2 Å². The van der Waals surface area contributed by atoms with Crippen LogP contribution >= 0.6 is 0 Å². The fraction of sp³-hybridized carbons (Fsp3) is 0.538. The van der Waals surface area contributed by atoms with Gasteiger partial charge in [-0.25, -0.2) is 0 Å². The monoisotopic (exact) mass is 295 g/mol. The third-order valence-electron chi connectivity index (χ3n) is 3.49. The number of rotatable bonds is 2. The van der Waals surface area contributed by atoms with Gasteiger partial charge in [0.25, 0.3) is 0 Å². The van der Waals surface area contributed by atoms with Crippen LogP contribution in [0.4, 0.5) is 13.2 Å². The van der Waals surface area contributed by atoms with Gasteiger partial charge in [0.1, 0.15) is 0 Å². The molecule has 0 saturated carbocycles. The van der Waals surface area contributed by atoms with Crippen molar-refractivity contribution in [1.29, 1.82) is 0 Å². The molecule has 1 atom stereocenters. The molecule has 0 bridgehead atoms. The first-order valence-electron chi connectivity index (χ1n) is 6.15. The Morgan fingerprint density at radius 3 is 2.42 bits per heavy atom. The van der Waals surface area contributed by atoms with E-state index < -0.39 is 17.8 Å². The quantitative estimate of drug-likeness (QED) is 0.700. The summed E-state index contributed by atoms with van der Waals surface area (Å²) in [5.41, 5.74) is -0.321. The van der Waals surface area contributed by atoms with Crippen molar-refractivity contribution in [1.82, 2.24) is 0 Å². The normalized spacial score (nSPS) is 18.7. The zero-order valence-electron chi connectivity index (χ0n) is 10.3. The van der Waals surface area contributed by atoms with E-state index in [0.29, 0.717) is 5.56 Å². The summed E-state index contributed by atoms with van der Waals surface area (Å²) in [6.45, 7) is 1.86. The molecule has 0 radical (unpaired) electrons. The first kappa shape index (κ1) is 16.3. The average molecular weight is 296 g/mol. The summed E-state index contributed by atoms with van der Waals surface area (Å²) in [5.74, 6) is 0.0680. The molecular formula is C13H17ClF3NO. The standard InChI is InChI=1S/C13H16F3NO.ClH/c14-13(15,16)11-3-1-2-10(8-11)12(18)9-4-6-17-7-5-9;/h1-3,8-9,12,17-18H,4-7H2;1H. The summed E-state index contributed by atoms with van der Waals surface area (Å²) in [5, 5.41) is 12.3. The Bertz CT molecular complexity index is 405. The topological polar surface area (TPSA) is 36.8 Å². The molecule has 1 unspecified atom stereocenters. The maximum atomic E-state index is 12.6. The summed E-state index contributed by atoms with van der Waals surface area (Å²) < 4.78 is 37.8. The maximum absolute atomic E-state index is 12.6. The predicted molar refractivity (Wildman–Crippen MR) is 60.8 cm³/mol. The number of benzene rings is 1. The van der Waals surface area contributed by atoms with E-state index >= 15 is 0 Å². The van der Waals surface area contributed by atoms with E-state index in [4.69, 9.17) is 0 Å². The Morgan fingerprint density at radius 2 is 1.84 bits per heavy atom. The number of aliphatic hydroxyl groups excluding tert-OH is 1. The molecule has 0 aromatic heterocycles. The molecule has 108 valence electrons. The number of halogens is 4. The van der Waals surface area contributed by atoms with Crippen molar-refractivity contribution in [2.75, 3.05) is 13.1 Å². The molecule has 1 saturated heterocycles. The highest BCUT2D eigenvalue weighted by Gasteiger charge is 2.32. The molecule has 0 spiro atoms. The number of alkyl halides is 3. The van der Waals surface area contributed by atoms with Gasteiger partial charge in [0, 0.05) is 12.8 Å². The highest BCUT2D eigenvalue weighted by molar-refractivity contribution is 5.27. The van der Waals surface area contributed by atoms with E-state index in [1.54, 1.807) is 6.07 Å². The van der Waals surface area contributed by atoms with Crippen molar-refractivity contribution in [3.63, 3.8) is 0 Å². The largest absolute Gasteiger partial charge is 1.00 e. The Kier molecular flexibility index (Phi) is 5.64. The predicted octanol–water partition coefficient (Wildman–Crippen LogP) is -1.28. The molecule has 19 heavy (non-hydrogen) atoms. The lowest BCUT2D eigenvalue weighted by atomic mass is 9.87. The zero-order valence-corrected chi connectivity index (χ0v) is 11.1. The lowest BCUT2D eigenvalue weighted by Crippen LogP contribution is -3.00. The molecule has 3 N–H and O–H groups in total. The van der Waals surface area contributed by atoms with Crippen molar-refractivity contribution >= 4 is 0 Å². The SMILES string of the molecule is OC(c1cccc(C(F)(F)F)c1)C1CC[NH2+]CC1.[Cl-]. The van der Waals surface area contributed by atoms with E-state index in [-0.39, 0.29) is 18.3 Å². The van der Waals surface area contributed by atoms with Crippen LogP contribution in [0.5, 0.6) is 0 Å². The molecule has 1 fully saturated rings. The molecule has 0 aliphatic carbocycles. The van der Waals surface area contributed by atoms with Gasteiger partial charge < -0.3 is 22.8 Å². The second-order valence-corrected chi connectivity index (χ2v) is 4.77. The summed E-state index contributed by atoms with van der Waals surface area (Å²) in [6.07, 6.45) is -3.45. The Labute approximate surface area is 116 Å². The maximum Gasteiger partial charge on any atom is 0.416 e. The summed E-state index contributed by atoms with van der Waals surface area (Å²) in [7, 11) is 0. The molecule has 1 aliphatic rings. The van der Waals surface area contributed by atoms with Crippen LogP contribution in [0.3, 0.4) is 0 Å². The van der Waals surface area contributed by atoms with Crippen LogP contribution < -0.4 is 17.7 Å². The van der Waals surface area contributed by atoms with Crippen LogP contribution in [0.15, 0.2) is 24.3 Å². The fourth-order valence-electron chi connectivity index (χ4n) is 2.44. The minimum atomic E-state index is -4.35. The van der Waals surface area contributed by atoms with Gasteiger partial charge in [0.15, 0.2) is 0 Å². The van der Waals surface area contributed by atoms with E-state index in [2.05, 4.69) is 5.32 Å². The number of piperidine rings is 1. The molecule has 2 nitrogen and oxygen atoms in total. The number of quaternary nitrogens is 1. The van der Waals surface area contributed by atoms with Gasteiger partial charge in [0.05, 0.1) is 24.8 Å². The van der Waals surface area contributed by atoms with E-state index in [1.165, 1.54) is 6.07 Å². The van der Waals surface area contributed by atoms with Gasteiger partial charge in [0.2, 0.25) is 0 Å². The second kappa shape index (κ2) is 6.59. The van der Waals surface area contributed by atoms with Crippen LogP contribution in [-0.2, 0) is 6.18 Å². The van der Waals surface area contributed by atoms with Crippen LogP contribution in [0.25, 0.3) is 0 Å². The smallest absolute Gasteiger partial charge is 0.416 e. The highest BCUT2D eigenvalue weighted by Crippen LogP contribution is 2.33. The highest BCUT2D eigenvalue weighted by atomic mass is 35.5. The van der Waals surface area contributed by atoms with Gasteiger partial charge in [-0.05, 0) is 23.6 Å². The molecule has 1 aliphatic heterocycles. The second-order valence-electron chi connectivity index (χ2n) is 4.77. The van der Waals surface area contributed by atoms with Crippen molar-refractivity contribution in [3.05, 3.63) is 35.4 Å². The first-order chi connectivity index (χ1) is 8.48. The van der Waals surface area contributed by atoms with E-state index in [0.717, 1.165) is 38.1 Å². The summed E-state index contributed by atoms with van der Waals surface area (Å²) in [6, 6.07) is 5.02. The molecule has 6 heteroatoms. The van der Waals surface area contributed by atoms with Gasteiger partial charge >= 0.3 is 6.18 Å². The van der Waals surface area contributed by atoms with Gasteiger partial charge in [-0.15, -0.1) is 0 Å². The number of nitrogens with two attached hydrogens (primary N) is 1. The lowest BCUT2D eigenvalue weighted by Gasteiger charge is -2.26. The number of aliphatic hydroxyl groups is 1. The summed E-state index contributed by atoms with van der Waals surface area (Å²) >= 11 is 0. The van der Waals surface area contributed by atoms with Gasteiger partial charge in [-0.3, -0.25) is 0 Å². The van der Waals surface area contributed by atoms with Crippen molar-refractivity contribution in [2.45, 2.75) is 25.1 Å². The van der Waals surface area contributed by atoms with Gasteiger partial charge in [-0.1, -0.05) is 12.1 Å². The Morgan fingerprint density at radius 1 is 1.21 bits per heavy atom. The van der Waals surface area contributed by atoms with Crippen LogP contribution in [0.2, 0.25) is 0 Å². The van der Waals surface area contributed by atoms with Crippen LogP contribution in [0.1, 0.15) is 30.1 Å². The van der Waals surface area contributed by atoms with E-state index in [1.807, 2.05) is 0 Å². The minimum Gasteiger partial charge on any atom is -1.00 e. The third kappa shape index (κ3) is 4.09. The minimum absolute atomic E-state index is 0. The van der Waals surface area contributed by atoms with Crippen molar-refractivity contribution < 1.29 is 36.0 Å². The molecular weight excluding hydrogens is 279 g/mol. The number of hydrogen-bond acceptors (Lipinski definition) is 1. The van der Waals surface area contributed by atoms with E-state index in [9.17, 15) is 18.3 Å². The molecule has 1 heterocycles. The van der Waals surface area contributed by atoms with Crippen molar-refractivity contribution in [2.24, 2.45) is 5.92 Å². The molecule has 2 rings (SSSR count). The van der Waals surface area contributed by atoms with Crippen molar-refractivity contribution in [3.8, 4) is 0 Å². The van der Waals surface area contributed by atoms with Gasteiger partial charge in [-0.2, -0.15) is 13.2 Å². The third-order valence-corrected chi connectivity index (χ3v) is 3.49. The lowest BCUT2D eigenvalue weighted by molar-refractivity contribution is -0.665. The average Bonchev–Trinajstić information content (AvgIpc) is 2.38. The number of hydrogen-bond donors (Lipinski definition) is 2. The van der Waals surface area contributed by atoms with Crippen LogP contribution in [0, 0.1) is 5.92 Å². The zero-order chi connectivity index (χ0) is 13.2. The summed E-state index contributed by atoms with van der Waals surface area (Å²) in [4.78, 5) is 0. The molecule has 1 aromatic carbocycles. The molecule has 0 amide bonds. The fourth-order valence-corrected chi connectivity index (χ4v) is 2.44.